The SMILES string of the molecule is O=C1Nc2ncc(F)c(Cl)c2C1(O)c1ccc(F)cc1. The molecule has 1 aliphatic rings. The lowest BCUT2D eigenvalue weighted by atomic mass is 9.88. The molecule has 7 heteroatoms. The molecule has 20 heavy (non-hydrogen) atoms. The van der Waals surface area contributed by atoms with E-state index in [2.05, 4.69) is 10.3 Å². The third-order valence-corrected chi connectivity index (χ3v) is 3.53. The molecule has 4 nitrogen and oxygen atoms in total. The van der Waals surface area contributed by atoms with Crippen molar-refractivity contribution in [2.75, 3.05) is 5.32 Å². The maximum absolute atomic E-state index is 13.5. The molecule has 0 saturated carbocycles. The van der Waals surface area contributed by atoms with Crippen LogP contribution in [0.2, 0.25) is 5.02 Å². The molecular formula is C13H7ClF2N2O2. The Hall–Kier alpha value is -2.05. The third-order valence-electron chi connectivity index (χ3n) is 3.16. The fraction of sp³-hybridized carbons (Fsp3) is 0.0769. The molecule has 2 heterocycles. The van der Waals surface area contributed by atoms with Crippen LogP contribution < -0.4 is 5.32 Å². The molecule has 1 unspecified atom stereocenters. The molecule has 1 aliphatic heterocycles. The lowest BCUT2D eigenvalue weighted by Gasteiger charge is -2.21. The zero-order valence-corrected chi connectivity index (χ0v) is 10.6. The number of halogens is 3. The normalized spacial score (nSPS) is 20.7. The second-order valence-corrected chi connectivity index (χ2v) is 4.69. The van der Waals surface area contributed by atoms with Gasteiger partial charge in [0.05, 0.1) is 16.8 Å². The number of nitrogens with zero attached hydrogens (tertiary/aromatic N) is 1. The van der Waals surface area contributed by atoms with Gasteiger partial charge in [0.15, 0.2) is 11.4 Å². The molecule has 0 saturated heterocycles. The smallest absolute Gasteiger partial charge is 0.267 e. The average molecular weight is 297 g/mol. The molecule has 0 bridgehead atoms. The summed E-state index contributed by atoms with van der Waals surface area (Å²) in [5.74, 6) is -2.23. The molecule has 3 rings (SSSR count). The molecule has 102 valence electrons. The zero-order chi connectivity index (χ0) is 14.5. The van der Waals surface area contributed by atoms with Gasteiger partial charge in [-0.2, -0.15) is 0 Å². The van der Waals surface area contributed by atoms with E-state index < -0.39 is 28.2 Å². The summed E-state index contributed by atoms with van der Waals surface area (Å²) < 4.78 is 26.5. The van der Waals surface area contributed by atoms with Crippen LogP contribution in [0.15, 0.2) is 30.5 Å². The molecule has 1 amide bonds. The molecular weight excluding hydrogens is 290 g/mol. The Kier molecular flexibility index (Phi) is 2.74. The number of anilines is 1. The third kappa shape index (κ3) is 1.62. The maximum atomic E-state index is 13.5. The number of hydrogen-bond acceptors (Lipinski definition) is 3. The number of pyridine rings is 1. The fourth-order valence-corrected chi connectivity index (χ4v) is 2.44. The number of amides is 1. The lowest BCUT2D eigenvalue weighted by molar-refractivity contribution is -0.129. The first-order chi connectivity index (χ1) is 9.44. The summed E-state index contributed by atoms with van der Waals surface area (Å²) in [6, 6.07) is 4.62. The summed E-state index contributed by atoms with van der Waals surface area (Å²) in [6.45, 7) is 0. The Labute approximate surface area is 117 Å². The van der Waals surface area contributed by atoms with Crippen molar-refractivity contribution in [3.63, 3.8) is 0 Å². The van der Waals surface area contributed by atoms with E-state index in [9.17, 15) is 18.7 Å². The number of fused-ring (bicyclic) bond motifs is 1. The summed E-state index contributed by atoms with van der Waals surface area (Å²) in [6.07, 6.45) is 0.845. The van der Waals surface area contributed by atoms with Gasteiger partial charge < -0.3 is 10.4 Å². The molecule has 1 aromatic carbocycles. The van der Waals surface area contributed by atoms with E-state index in [1.54, 1.807) is 0 Å². The van der Waals surface area contributed by atoms with Crippen LogP contribution in [0, 0.1) is 11.6 Å². The van der Waals surface area contributed by atoms with Crippen molar-refractivity contribution in [2.45, 2.75) is 5.60 Å². The fourth-order valence-electron chi connectivity index (χ4n) is 2.17. The van der Waals surface area contributed by atoms with Gasteiger partial charge in [0, 0.05) is 0 Å². The molecule has 0 spiro atoms. The molecule has 0 radical (unpaired) electrons. The minimum atomic E-state index is -2.20. The molecule has 1 atom stereocenters. The van der Waals surface area contributed by atoms with Gasteiger partial charge in [-0.05, 0) is 17.7 Å². The first kappa shape index (κ1) is 13.0. The quantitative estimate of drug-likeness (QED) is 0.848. The highest BCUT2D eigenvalue weighted by atomic mass is 35.5. The number of carbonyl (C=O) groups excluding carboxylic acids is 1. The minimum absolute atomic E-state index is 0.0202. The second kappa shape index (κ2) is 4.22. The minimum Gasteiger partial charge on any atom is -0.372 e. The molecule has 0 aliphatic carbocycles. The van der Waals surface area contributed by atoms with Crippen LogP contribution in [0.1, 0.15) is 11.1 Å². The Morgan fingerprint density at radius 3 is 2.55 bits per heavy atom. The Morgan fingerprint density at radius 2 is 1.90 bits per heavy atom. The van der Waals surface area contributed by atoms with Crippen LogP contribution >= 0.6 is 11.6 Å². The van der Waals surface area contributed by atoms with Crippen molar-refractivity contribution < 1.29 is 18.7 Å². The van der Waals surface area contributed by atoms with Gasteiger partial charge in [-0.25, -0.2) is 13.8 Å². The van der Waals surface area contributed by atoms with Crippen LogP contribution in [-0.4, -0.2) is 16.0 Å². The number of aromatic nitrogens is 1. The van der Waals surface area contributed by atoms with Crippen molar-refractivity contribution in [2.24, 2.45) is 0 Å². The van der Waals surface area contributed by atoms with Crippen LogP contribution in [0.25, 0.3) is 0 Å². The van der Waals surface area contributed by atoms with Crippen molar-refractivity contribution in [1.29, 1.82) is 0 Å². The van der Waals surface area contributed by atoms with E-state index in [1.165, 1.54) is 12.1 Å². The van der Waals surface area contributed by atoms with Gasteiger partial charge in [0.2, 0.25) is 0 Å². The predicted octanol–water partition coefficient (Wildman–Crippen LogP) is 2.20. The van der Waals surface area contributed by atoms with Crippen LogP contribution in [-0.2, 0) is 10.4 Å². The Bertz CT molecular complexity index is 721. The van der Waals surface area contributed by atoms with Crippen molar-refractivity contribution in [3.05, 3.63) is 58.2 Å². The Morgan fingerprint density at radius 1 is 1.25 bits per heavy atom. The number of aliphatic hydroxyl groups is 1. The Balaban J connectivity index is 2.27. The van der Waals surface area contributed by atoms with E-state index in [4.69, 9.17) is 11.6 Å². The highest BCUT2D eigenvalue weighted by Gasteiger charge is 2.49. The summed E-state index contributed by atoms with van der Waals surface area (Å²) in [5, 5.41) is 12.6. The van der Waals surface area contributed by atoms with Crippen LogP contribution in [0.5, 0.6) is 0 Å². The topological polar surface area (TPSA) is 62.2 Å². The van der Waals surface area contributed by atoms with E-state index >= 15 is 0 Å². The van der Waals surface area contributed by atoms with E-state index in [0.717, 1.165) is 18.3 Å². The first-order valence-corrected chi connectivity index (χ1v) is 5.96. The molecule has 1 aromatic heterocycles. The summed E-state index contributed by atoms with van der Waals surface area (Å²) >= 11 is 5.83. The molecule has 0 fully saturated rings. The van der Waals surface area contributed by atoms with Crippen molar-refractivity contribution in [1.82, 2.24) is 4.98 Å². The zero-order valence-electron chi connectivity index (χ0n) is 9.82. The highest BCUT2D eigenvalue weighted by molar-refractivity contribution is 6.33. The largest absolute Gasteiger partial charge is 0.372 e. The molecule has 2 N–H and O–H groups in total. The van der Waals surface area contributed by atoms with Gasteiger partial charge in [0.1, 0.15) is 11.6 Å². The van der Waals surface area contributed by atoms with E-state index in [0.29, 0.717) is 0 Å². The monoisotopic (exact) mass is 296 g/mol. The van der Waals surface area contributed by atoms with Crippen molar-refractivity contribution >= 4 is 23.3 Å². The molecule has 2 aromatic rings. The standard InChI is InChI=1S/C13H7ClF2N2O2/c14-10-8(16)5-17-11-9(10)13(20,12(19)18-11)6-1-3-7(15)4-2-6/h1-5,20H,(H,17,18,19). The van der Waals surface area contributed by atoms with Gasteiger partial charge in [-0.15, -0.1) is 0 Å². The van der Waals surface area contributed by atoms with E-state index in [1.807, 2.05) is 0 Å². The van der Waals surface area contributed by atoms with Crippen LogP contribution in [0.3, 0.4) is 0 Å². The summed E-state index contributed by atoms with van der Waals surface area (Å²) in [5.41, 5.74) is -2.30. The number of rotatable bonds is 1. The number of hydrogen-bond donors (Lipinski definition) is 2. The summed E-state index contributed by atoms with van der Waals surface area (Å²) in [7, 11) is 0. The predicted molar refractivity (Wildman–Crippen MR) is 67.2 cm³/mol. The van der Waals surface area contributed by atoms with Gasteiger partial charge in [-0.3, -0.25) is 4.79 Å². The van der Waals surface area contributed by atoms with Gasteiger partial charge >= 0.3 is 0 Å². The lowest BCUT2D eigenvalue weighted by Crippen LogP contribution is -2.35. The first-order valence-electron chi connectivity index (χ1n) is 5.59. The van der Waals surface area contributed by atoms with Gasteiger partial charge in [-0.1, -0.05) is 23.7 Å². The second-order valence-electron chi connectivity index (χ2n) is 4.32. The number of carbonyl (C=O) groups is 1. The van der Waals surface area contributed by atoms with Crippen LogP contribution in [0.4, 0.5) is 14.6 Å². The highest BCUT2D eigenvalue weighted by Crippen LogP contribution is 2.44. The van der Waals surface area contributed by atoms with Gasteiger partial charge in [0.25, 0.3) is 5.91 Å². The summed E-state index contributed by atoms with van der Waals surface area (Å²) in [4.78, 5) is 15.7. The van der Waals surface area contributed by atoms with E-state index in [-0.39, 0.29) is 16.9 Å². The maximum Gasteiger partial charge on any atom is 0.267 e. The number of nitrogens with one attached hydrogen (secondary N) is 1. The average Bonchev–Trinajstić information content (AvgIpc) is 2.68. The van der Waals surface area contributed by atoms with Crippen molar-refractivity contribution in [3.8, 4) is 0 Å². The number of benzene rings is 1.